The molecule has 0 aliphatic rings. The Morgan fingerprint density at radius 2 is 1.92 bits per heavy atom. The van der Waals surface area contributed by atoms with Gasteiger partial charge in [0.25, 0.3) is 0 Å². The molecule has 0 saturated carbocycles. The number of esters is 1. The van der Waals surface area contributed by atoms with Gasteiger partial charge < -0.3 is 10.5 Å². The molecule has 0 aliphatic heterocycles. The van der Waals surface area contributed by atoms with Gasteiger partial charge in [0.2, 0.25) is 0 Å². The molecule has 0 fully saturated rings. The van der Waals surface area contributed by atoms with E-state index in [0.29, 0.717) is 23.6 Å². The van der Waals surface area contributed by atoms with Crippen molar-refractivity contribution in [1.82, 2.24) is 14.6 Å². The van der Waals surface area contributed by atoms with Gasteiger partial charge in [0.15, 0.2) is 5.65 Å². The zero-order chi connectivity index (χ0) is 17.4. The molecule has 25 heavy (non-hydrogen) atoms. The molecule has 0 unspecified atom stereocenters. The number of fused-ring (bicyclic) bond motifs is 2. The first-order chi connectivity index (χ1) is 12.2. The number of carbonyl (C=O) groups is 1. The van der Waals surface area contributed by atoms with E-state index in [2.05, 4.69) is 10.1 Å². The summed E-state index contributed by atoms with van der Waals surface area (Å²) in [6.45, 7) is 2.05. The van der Waals surface area contributed by atoms with Crippen molar-refractivity contribution in [3.05, 3.63) is 60.4 Å². The Bertz CT molecular complexity index is 1100. The van der Waals surface area contributed by atoms with Gasteiger partial charge in [-0.25, -0.2) is 9.78 Å². The fraction of sp³-hybridized carbons (Fsp3) is 0.105. The molecule has 2 N–H and O–H groups in total. The lowest BCUT2D eigenvalue weighted by Crippen LogP contribution is -2.07. The molecule has 0 spiro atoms. The van der Waals surface area contributed by atoms with Crippen molar-refractivity contribution in [1.29, 1.82) is 0 Å². The number of rotatable bonds is 3. The van der Waals surface area contributed by atoms with Crippen LogP contribution in [0.1, 0.15) is 17.3 Å². The second-order valence-corrected chi connectivity index (χ2v) is 5.60. The molecule has 2 aromatic carbocycles. The van der Waals surface area contributed by atoms with Crippen LogP contribution in [-0.2, 0) is 4.74 Å². The highest BCUT2D eigenvalue weighted by atomic mass is 16.5. The van der Waals surface area contributed by atoms with E-state index < -0.39 is 5.97 Å². The van der Waals surface area contributed by atoms with Crippen LogP contribution in [0.5, 0.6) is 0 Å². The number of nitrogens with two attached hydrogens (primary N) is 1. The highest BCUT2D eigenvalue weighted by Gasteiger charge is 2.18. The van der Waals surface area contributed by atoms with Crippen LogP contribution in [0.15, 0.2) is 54.9 Å². The van der Waals surface area contributed by atoms with Crippen molar-refractivity contribution >= 4 is 28.2 Å². The Morgan fingerprint density at radius 1 is 1.12 bits per heavy atom. The number of hydrogen-bond donors (Lipinski definition) is 1. The zero-order valence-corrected chi connectivity index (χ0v) is 13.6. The van der Waals surface area contributed by atoms with E-state index in [0.717, 1.165) is 21.9 Å². The van der Waals surface area contributed by atoms with Crippen LogP contribution >= 0.6 is 0 Å². The van der Waals surface area contributed by atoms with E-state index in [9.17, 15) is 4.79 Å². The molecular weight excluding hydrogens is 316 g/mol. The van der Waals surface area contributed by atoms with Gasteiger partial charge in [-0.3, -0.25) is 0 Å². The minimum atomic E-state index is -0.456. The van der Waals surface area contributed by atoms with Gasteiger partial charge in [0.1, 0.15) is 11.4 Å². The second-order valence-electron chi connectivity index (χ2n) is 5.60. The van der Waals surface area contributed by atoms with Gasteiger partial charge in [-0.1, -0.05) is 42.5 Å². The lowest BCUT2D eigenvalue weighted by atomic mass is 10.00. The lowest BCUT2D eigenvalue weighted by Gasteiger charge is -2.10. The SMILES string of the molecule is CCOC(=O)c1cnn2c(N)c(-c3cccc4ccccc34)cnc12. The predicted molar refractivity (Wildman–Crippen MR) is 96.3 cm³/mol. The maximum absolute atomic E-state index is 12.0. The summed E-state index contributed by atoms with van der Waals surface area (Å²) in [5.74, 6) is -0.0285. The number of hydrogen-bond acceptors (Lipinski definition) is 5. The molecule has 2 aromatic heterocycles. The molecule has 0 bridgehead atoms. The number of carbonyl (C=O) groups excluding carboxylic acids is 1. The van der Waals surface area contributed by atoms with Gasteiger partial charge in [-0.15, -0.1) is 0 Å². The summed E-state index contributed by atoms with van der Waals surface area (Å²) in [4.78, 5) is 16.4. The molecule has 6 nitrogen and oxygen atoms in total. The summed E-state index contributed by atoms with van der Waals surface area (Å²) in [5.41, 5.74) is 8.77. The van der Waals surface area contributed by atoms with Crippen LogP contribution in [0.4, 0.5) is 5.82 Å². The van der Waals surface area contributed by atoms with Gasteiger partial charge in [-0.05, 0) is 23.3 Å². The van der Waals surface area contributed by atoms with Crippen molar-refractivity contribution in [3.63, 3.8) is 0 Å². The average Bonchev–Trinajstić information content (AvgIpc) is 3.07. The van der Waals surface area contributed by atoms with Crippen molar-refractivity contribution in [2.45, 2.75) is 6.92 Å². The Kier molecular flexibility index (Phi) is 3.57. The Balaban J connectivity index is 1.92. The molecular formula is C19H16N4O2. The number of ether oxygens (including phenoxy) is 1. The molecule has 4 rings (SSSR count). The lowest BCUT2D eigenvalue weighted by molar-refractivity contribution is 0.0528. The molecule has 0 saturated heterocycles. The van der Waals surface area contributed by atoms with E-state index in [-0.39, 0.29) is 0 Å². The molecule has 0 aliphatic carbocycles. The summed E-state index contributed by atoms with van der Waals surface area (Å²) in [6.07, 6.45) is 3.11. The van der Waals surface area contributed by atoms with Crippen molar-refractivity contribution < 1.29 is 9.53 Å². The monoisotopic (exact) mass is 332 g/mol. The summed E-state index contributed by atoms with van der Waals surface area (Å²) in [5, 5.41) is 6.41. The first-order valence-corrected chi connectivity index (χ1v) is 7.98. The summed E-state index contributed by atoms with van der Waals surface area (Å²) >= 11 is 0. The third-order valence-corrected chi connectivity index (χ3v) is 4.14. The van der Waals surface area contributed by atoms with E-state index in [4.69, 9.17) is 10.5 Å². The van der Waals surface area contributed by atoms with Crippen molar-refractivity contribution in [2.24, 2.45) is 0 Å². The minimum absolute atomic E-state index is 0.291. The fourth-order valence-corrected chi connectivity index (χ4v) is 2.97. The van der Waals surface area contributed by atoms with Crippen LogP contribution in [0.25, 0.3) is 27.5 Å². The van der Waals surface area contributed by atoms with E-state index in [1.165, 1.54) is 10.7 Å². The first-order valence-electron chi connectivity index (χ1n) is 7.98. The maximum atomic E-state index is 12.0. The van der Waals surface area contributed by atoms with Crippen molar-refractivity contribution in [2.75, 3.05) is 12.3 Å². The summed E-state index contributed by atoms with van der Waals surface area (Å²) < 4.78 is 6.51. The van der Waals surface area contributed by atoms with Crippen molar-refractivity contribution in [3.8, 4) is 11.1 Å². The van der Waals surface area contributed by atoms with E-state index >= 15 is 0 Å². The van der Waals surface area contributed by atoms with Gasteiger partial charge >= 0.3 is 5.97 Å². The highest BCUT2D eigenvalue weighted by molar-refractivity contribution is 6.00. The third kappa shape index (κ3) is 2.39. The maximum Gasteiger partial charge on any atom is 0.343 e. The number of anilines is 1. The molecule has 6 heteroatoms. The average molecular weight is 332 g/mol. The quantitative estimate of drug-likeness (QED) is 0.582. The Morgan fingerprint density at radius 3 is 2.76 bits per heavy atom. The molecule has 0 amide bonds. The number of aromatic nitrogens is 3. The highest BCUT2D eigenvalue weighted by Crippen LogP contribution is 2.32. The zero-order valence-electron chi connectivity index (χ0n) is 13.6. The summed E-state index contributed by atoms with van der Waals surface area (Å²) in [6, 6.07) is 14.1. The fourth-order valence-electron chi connectivity index (χ4n) is 2.97. The van der Waals surface area contributed by atoms with Crippen LogP contribution < -0.4 is 5.73 Å². The smallest absolute Gasteiger partial charge is 0.343 e. The first kappa shape index (κ1) is 15.1. The molecule has 2 heterocycles. The Hall–Kier alpha value is -3.41. The Labute approximate surface area is 143 Å². The standard InChI is InChI=1S/C19H16N4O2/c1-2-25-19(24)16-11-22-23-17(20)15(10-21-18(16)23)14-9-5-7-12-6-3-4-8-13(12)14/h3-11H,2,20H2,1H3. The van der Waals surface area contributed by atoms with Gasteiger partial charge in [0.05, 0.1) is 12.8 Å². The minimum Gasteiger partial charge on any atom is -0.462 e. The number of nitrogen functional groups attached to an aromatic ring is 1. The largest absolute Gasteiger partial charge is 0.462 e. The number of nitrogens with zero attached hydrogens (tertiary/aromatic N) is 3. The molecule has 0 atom stereocenters. The second kappa shape index (κ2) is 5.90. The normalized spacial score (nSPS) is 11.1. The number of benzene rings is 2. The van der Waals surface area contributed by atoms with E-state index in [1.807, 2.05) is 42.5 Å². The van der Waals surface area contributed by atoms with Gasteiger partial charge in [0, 0.05) is 11.8 Å². The topological polar surface area (TPSA) is 82.5 Å². The van der Waals surface area contributed by atoms with E-state index in [1.54, 1.807) is 13.1 Å². The van der Waals surface area contributed by atoms with Crippen LogP contribution in [-0.4, -0.2) is 27.2 Å². The van der Waals surface area contributed by atoms with Gasteiger partial charge in [-0.2, -0.15) is 9.61 Å². The van der Waals surface area contributed by atoms with Crippen LogP contribution in [0, 0.1) is 0 Å². The predicted octanol–water partition coefficient (Wildman–Crippen LogP) is 3.31. The molecule has 0 radical (unpaired) electrons. The van der Waals surface area contributed by atoms with Crippen LogP contribution in [0.2, 0.25) is 0 Å². The molecule has 4 aromatic rings. The third-order valence-electron chi connectivity index (χ3n) is 4.14. The summed E-state index contributed by atoms with van der Waals surface area (Å²) in [7, 11) is 0. The molecule has 124 valence electrons. The van der Waals surface area contributed by atoms with Crippen LogP contribution in [0.3, 0.4) is 0 Å².